The van der Waals surface area contributed by atoms with Crippen molar-refractivity contribution in [3.05, 3.63) is 46.7 Å². The molecule has 4 rings (SSSR count). The van der Waals surface area contributed by atoms with Crippen molar-refractivity contribution in [3.8, 4) is 11.5 Å². The molecule has 1 aliphatic rings. The molecule has 0 unspecified atom stereocenters. The summed E-state index contributed by atoms with van der Waals surface area (Å²) in [5.41, 5.74) is 1.27. The fourth-order valence-electron chi connectivity index (χ4n) is 2.51. The van der Waals surface area contributed by atoms with E-state index in [9.17, 15) is 5.11 Å². The SMILES string of the molecule is CC.CC.Oc1cc2ncnc(Nc3ccc(Cl)cc3Cl)c2cc1OC1CNC1. The number of fused-ring (bicyclic) bond motifs is 1. The Kier molecular flexibility index (Phi) is 8.76. The highest BCUT2D eigenvalue weighted by molar-refractivity contribution is 6.36. The van der Waals surface area contributed by atoms with E-state index in [1.165, 1.54) is 6.33 Å². The smallest absolute Gasteiger partial charge is 0.162 e. The molecule has 156 valence electrons. The van der Waals surface area contributed by atoms with Gasteiger partial charge in [-0.25, -0.2) is 9.97 Å². The molecule has 3 aromatic rings. The highest BCUT2D eigenvalue weighted by Crippen LogP contribution is 2.36. The van der Waals surface area contributed by atoms with Gasteiger partial charge in [0.2, 0.25) is 0 Å². The van der Waals surface area contributed by atoms with Gasteiger partial charge in [-0.05, 0) is 24.3 Å². The second-order valence-corrected chi connectivity index (χ2v) is 6.55. The number of benzene rings is 2. The molecule has 0 aliphatic carbocycles. The van der Waals surface area contributed by atoms with Crippen molar-refractivity contribution in [1.29, 1.82) is 0 Å². The van der Waals surface area contributed by atoms with Gasteiger partial charge in [0.1, 0.15) is 18.2 Å². The molecular formula is C21H26Cl2N4O2. The third kappa shape index (κ3) is 5.63. The molecule has 6 nitrogen and oxygen atoms in total. The molecule has 0 radical (unpaired) electrons. The predicted octanol–water partition coefficient (Wildman–Crippen LogP) is 5.79. The lowest BCUT2D eigenvalue weighted by molar-refractivity contribution is 0.138. The summed E-state index contributed by atoms with van der Waals surface area (Å²) in [6, 6.07) is 8.46. The van der Waals surface area contributed by atoms with E-state index < -0.39 is 0 Å². The van der Waals surface area contributed by atoms with E-state index in [1.807, 2.05) is 27.7 Å². The van der Waals surface area contributed by atoms with Crippen LogP contribution >= 0.6 is 23.2 Å². The zero-order valence-electron chi connectivity index (χ0n) is 17.0. The Bertz CT molecular complexity index is 949. The lowest BCUT2D eigenvalue weighted by Crippen LogP contribution is -2.50. The van der Waals surface area contributed by atoms with Gasteiger partial charge in [0.25, 0.3) is 0 Å². The average molecular weight is 437 g/mol. The summed E-state index contributed by atoms with van der Waals surface area (Å²) in [6.45, 7) is 9.52. The zero-order chi connectivity index (χ0) is 21.4. The number of anilines is 2. The quantitative estimate of drug-likeness (QED) is 0.480. The summed E-state index contributed by atoms with van der Waals surface area (Å²) in [7, 11) is 0. The van der Waals surface area contributed by atoms with E-state index in [0.29, 0.717) is 38.2 Å². The average Bonchev–Trinajstić information content (AvgIpc) is 2.70. The number of aromatic hydroxyl groups is 1. The largest absolute Gasteiger partial charge is 0.504 e. The van der Waals surface area contributed by atoms with Crippen molar-refractivity contribution in [2.75, 3.05) is 18.4 Å². The van der Waals surface area contributed by atoms with Crippen molar-refractivity contribution in [3.63, 3.8) is 0 Å². The lowest BCUT2D eigenvalue weighted by atomic mass is 10.2. The number of hydrogen-bond donors (Lipinski definition) is 3. The fraction of sp³-hybridized carbons (Fsp3) is 0.333. The van der Waals surface area contributed by atoms with E-state index in [4.69, 9.17) is 27.9 Å². The zero-order valence-corrected chi connectivity index (χ0v) is 18.5. The molecule has 3 N–H and O–H groups in total. The molecule has 0 saturated carbocycles. The van der Waals surface area contributed by atoms with Gasteiger partial charge >= 0.3 is 0 Å². The number of aromatic nitrogens is 2. The monoisotopic (exact) mass is 436 g/mol. The number of rotatable bonds is 4. The third-order valence-electron chi connectivity index (χ3n) is 3.94. The summed E-state index contributed by atoms with van der Waals surface area (Å²) in [4.78, 5) is 8.49. The van der Waals surface area contributed by atoms with E-state index in [1.54, 1.807) is 30.3 Å². The minimum absolute atomic E-state index is 0.0496. The maximum atomic E-state index is 10.2. The Morgan fingerprint density at radius 1 is 1.07 bits per heavy atom. The van der Waals surface area contributed by atoms with Crippen LogP contribution in [0.1, 0.15) is 27.7 Å². The Morgan fingerprint density at radius 3 is 2.41 bits per heavy atom. The minimum Gasteiger partial charge on any atom is -0.504 e. The van der Waals surface area contributed by atoms with Crippen molar-refractivity contribution < 1.29 is 9.84 Å². The van der Waals surface area contributed by atoms with Crippen LogP contribution in [0.3, 0.4) is 0 Å². The van der Waals surface area contributed by atoms with Crippen LogP contribution in [0.4, 0.5) is 11.5 Å². The van der Waals surface area contributed by atoms with Crippen LogP contribution in [0.25, 0.3) is 10.9 Å². The number of nitrogens with zero attached hydrogens (tertiary/aromatic N) is 2. The molecule has 1 aromatic heterocycles. The molecule has 0 atom stereocenters. The highest BCUT2D eigenvalue weighted by atomic mass is 35.5. The molecule has 2 aromatic carbocycles. The van der Waals surface area contributed by atoms with Gasteiger partial charge in [-0.15, -0.1) is 0 Å². The summed E-state index contributed by atoms with van der Waals surface area (Å²) in [6.07, 6.45) is 1.47. The van der Waals surface area contributed by atoms with Crippen molar-refractivity contribution in [1.82, 2.24) is 15.3 Å². The molecule has 8 heteroatoms. The van der Waals surface area contributed by atoms with Crippen LogP contribution in [0.15, 0.2) is 36.7 Å². The van der Waals surface area contributed by atoms with E-state index in [0.717, 1.165) is 13.1 Å². The summed E-state index contributed by atoms with van der Waals surface area (Å²) in [5, 5.41) is 18.2. The van der Waals surface area contributed by atoms with Crippen molar-refractivity contribution in [2.45, 2.75) is 33.8 Å². The second-order valence-electron chi connectivity index (χ2n) is 5.71. The van der Waals surface area contributed by atoms with Gasteiger partial charge in [-0.2, -0.15) is 0 Å². The molecule has 1 saturated heterocycles. The number of halogens is 2. The first-order valence-corrected chi connectivity index (χ1v) is 10.4. The fourth-order valence-corrected chi connectivity index (χ4v) is 2.97. The summed E-state index contributed by atoms with van der Waals surface area (Å²) >= 11 is 12.2. The molecule has 29 heavy (non-hydrogen) atoms. The molecule has 2 heterocycles. The van der Waals surface area contributed by atoms with Crippen LogP contribution < -0.4 is 15.4 Å². The Labute approximate surface area is 181 Å². The Morgan fingerprint density at radius 2 is 1.79 bits per heavy atom. The first-order valence-electron chi connectivity index (χ1n) is 9.67. The number of phenols is 1. The molecule has 1 fully saturated rings. The Balaban J connectivity index is 0.000000707. The first-order chi connectivity index (χ1) is 14.1. The molecular weight excluding hydrogens is 411 g/mol. The first kappa shape index (κ1) is 23.0. The second kappa shape index (κ2) is 11.0. The Hall–Kier alpha value is -2.28. The van der Waals surface area contributed by atoms with Gasteiger partial charge in [-0.3, -0.25) is 0 Å². The number of hydrogen-bond acceptors (Lipinski definition) is 6. The number of ether oxygens (including phenoxy) is 1. The number of phenolic OH excluding ortho intramolecular Hbond substituents is 1. The summed E-state index contributed by atoms with van der Waals surface area (Å²) in [5.74, 6) is 1.01. The molecule has 0 amide bonds. The van der Waals surface area contributed by atoms with Gasteiger partial charge in [-0.1, -0.05) is 50.9 Å². The van der Waals surface area contributed by atoms with Crippen LogP contribution in [0.5, 0.6) is 11.5 Å². The summed E-state index contributed by atoms with van der Waals surface area (Å²) < 4.78 is 5.79. The molecule has 0 bridgehead atoms. The van der Waals surface area contributed by atoms with Crippen LogP contribution in [-0.2, 0) is 0 Å². The van der Waals surface area contributed by atoms with Gasteiger partial charge in [0.05, 0.1) is 16.2 Å². The van der Waals surface area contributed by atoms with Gasteiger partial charge < -0.3 is 20.5 Å². The highest BCUT2D eigenvalue weighted by Gasteiger charge is 2.21. The van der Waals surface area contributed by atoms with Crippen LogP contribution in [-0.4, -0.2) is 34.3 Å². The van der Waals surface area contributed by atoms with Gasteiger partial charge in [0.15, 0.2) is 11.5 Å². The number of nitrogens with one attached hydrogen (secondary N) is 2. The van der Waals surface area contributed by atoms with Gasteiger partial charge in [0, 0.05) is 29.6 Å². The minimum atomic E-state index is 0.0496. The standard InChI is InChI=1S/C17H14Cl2N4O2.2C2H6/c18-9-1-2-13(12(19)3-9)23-17-11-4-16(25-10-6-20-7-10)15(24)5-14(11)21-8-22-17;2*1-2/h1-5,8,10,20,24H,6-7H2,(H,21,22,23);2*1-2H3. The van der Waals surface area contributed by atoms with E-state index in [-0.39, 0.29) is 11.9 Å². The van der Waals surface area contributed by atoms with Crippen molar-refractivity contribution >= 4 is 45.6 Å². The third-order valence-corrected chi connectivity index (χ3v) is 4.49. The van der Waals surface area contributed by atoms with Crippen LogP contribution in [0.2, 0.25) is 10.0 Å². The van der Waals surface area contributed by atoms with E-state index >= 15 is 0 Å². The van der Waals surface area contributed by atoms with Crippen molar-refractivity contribution in [2.24, 2.45) is 0 Å². The molecule has 0 spiro atoms. The topological polar surface area (TPSA) is 79.3 Å². The van der Waals surface area contributed by atoms with E-state index in [2.05, 4.69) is 20.6 Å². The maximum Gasteiger partial charge on any atom is 0.162 e. The van der Waals surface area contributed by atoms with Crippen LogP contribution in [0, 0.1) is 0 Å². The predicted molar refractivity (Wildman–Crippen MR) is 121 cm³/mol. The normalized spacial score (nSPS) is 12.8. The maximum absolute atomic E-state index is 10.2. The molecule has 1 aliphatic heterocycles. The lowest BCUT2D eigenvalue weighted by Gasteiger charge is -2.28.